The third-order valence-electron chi connectivity index (χ3n) is 4.07. The maximum Gasteiger partial charge on any atom is 0.243 e. The normalized spacial score (nSPS) is 21.9. The molecule has 1 aromatic carbocycles. The number of sulfonamides is 1. The number of nitrogens with zero attached hydrogens (tertiary/aromatic N) is 1. The van der Waals surface area contributed by atoms with Crippen molar-refractivity contribution in [2.75, 3.05) is 6.54 Å². The van der Waals surface area contributed by atoms with E-state index in [1.165, 1.54) is 0 Å². The fourth-order valence-electron chi connectivity index (χ4n) is 2.69. The van der Waals surface area contributed by atoms with Gasteiger partial charge in [-0.15, -0.1) is 0 Å². The molecule has 0 aromatic heterocycles. The second kappa shape index (κ2) is 5.49. The van der Waals surface area contributed by atoms with Crippen LogP contribution in [0.1, 0.15) is 52.5 Å². The molecule has 0 saturated carbocycles. The minimum Gasteiger partial charge on any atom is -0.207 e. The van der Waals surface area contributed by atoms with Crippen molar-refractivity contribution in [1.29, 1.82) is 0 Å². The summed E-state index contributed by atoms with van der Waals surface area (Å²) in [5.74, 6) is 0. The van der Waals surface area contributed by atoms with Crippen LogP contribution in [0, 0.1) is 0 Å². The lowest BCUT2D eigenvalue weighted by molar-refractivity contribution is 0.268. The number of piperidine rings is 1. The zero-order chi connectivity index (χ0) is 15.0. The summed E-state index contributed by atoms with van der Waals surface area (Å²) < 4.78 is 27.0. The highest BCUT2D eigenvalue weighted by molar-refractivity contribution is 7.89. The summed E-state index contributed by atoms with van der Waals surface area (Å²) in [5.41, 5.74) is 1.20. The Kier molecular flexibility index (Phi) is 4.26. The predicted molar refractivity (Wildman–Crippen MR) is 82.3 cm³/mol. The molecule has 0 bridgehead atoms. The number of benzene rings is 1. The second-order valence-electron chi connectivity index (χ2n) is 6.73. The highest BCUT2D eigenvalue weighted by atomic mass is 32.2. The largest absolute Gasteiger partial charge is 0.243 e. The van der Waals surface area contributed by atoms with E-state index in [-0.39, 0.29) is 11.5 Å². The first-order chi connectivity index (χ1) is 9.23. The molecular weight excluding hydrogens is 270 g/mol. The van der Waals surface area contributed by atoms with E-state index >= 15 is 0 Å². The smallest absolute Gasteiger partial charge is 0.207 e. The maximum atomic E-state index is 12.7. The van der Waals surface area contributed by atoms with Crippen molar-refractivity contribution in [3.8, 4) is 0 Å². The molecule has 0 spiro atoms. The molecule has 20 heavy (non-hydrogen) atoms. The van der Waals surface area contributed by atoms with Gasteiger partial charge in [0.25, 0.3) is 0 Å². The van der Waals surface area contributed by atoms with E-state index < -0.39 is 10.0 Å². The molecule has 1 atom stereocenters. The summed E-state index contributed by atoms with van der Waals surface area (Å²) in [6.45, 7) is 9.03. The van der Waals surface area contributed by atoms with Gasteiger partial charge in [0.05, 0.1) is 4.90 Å². The molecule has 1 aliphatic rings. The van der Waals surface area contributed by atoms with Crippen molar-refractivity contribution in [3.63, 3.8) is 0 Å². The first-order valence-electron chi connectivity index (χ1n) is 7.35. The Morgan fingerprint density at radius 2 is 1.70 bits per heavy atom. The molecule has 2 rings (SSSR count). The summed E-state index contributed by atoms with van der Waals surface area (Å²) in [6, 6.07) is 7.47. The van der Waals surface area contributed by atoms with Crippen LogP contribution in [0.4, 0.5) is 0 Å². The van der Waals surface area contributed by atoms with Crippen molar-refractivity contribution < 1.29 is 8.42 Å². The fourth-order valence-corrected chi connectivity index (χ4v) is 4.39. The van der Waals surface area contributed by atoms with Crippen LogP contribution in [-0.4, -0.2) is 25.3 Å². The molecule has 1 aliphatic heterocycles. The molecule has 1 heterocycles. The quantitative estimate of drug-likeness (QED) is 0.837. The number of rotatable bonds is 2. The standard InChI is InChI=1S/C16H25NO2S/c1-13-7-5-6-12-17(13)20(18,19)15-10-8-14(9-11-15)16(2,3)4/h8-11,13H,5-7,12H2,1-4H3. The van der Waals surface area contributed by atoms with Gasteiger partial charge in [0.1, 0.15) is 0 Å². The minimum atomic E-state index is -3.34. The predicted octanol–water partition coefficient (Wildman–Crippen LogP) is 3.55. The van der Waals surface area contributed by atoms with Gasteiger partial charge in [-0.25, -0.2) is 8.42 Å². The average Bonchev–Trinajstić information content (AvgIpc) is 2.38. The van der Waals surface area contributed by atoms with Gasteiger partial charge in [0.15, 0.2) is 0 Å². The first-order valence-corrected chi connectivity index (χ1v) is 8.79. The van der Waals surface area contributed by atoms with Crippen LogP contribution in [0.3, 0.4) is 0 Å². The number of hydrogen-bond donors (Lipinski definition) is 0. The van der Waals surface area contributed by atoms with Crippen LogP contribution in [0.5, 0.6) is 0 Å². The fraction of sp³-hybridized carbons (Fsp3) is 0.625. The van der Waals surface area contributed by atoms with Gasteiger partial charge < -0.3 is 0 Å². The lowest BCUT2D eigenvalue weighted by Gasteiger charge is -2.32. The van der Waals surface area contributed by atoms with Gasteiger partial charge in [-0.3, -0.25) is 0 Å². The maximum absolute atomic E-state index is 12.7. The monoisotopic (exact) mass is 295 g/mol. The Labute approximate surface area is 123 Å². The van der Waals surface area contributed by atoms with Crippen LogP contribution in [-0.2, 0) is 15.4 Å². The van der Waals surface area contributed by atoms with Gasteiger partial charge in [0.2, 0.25) is 10.0 Å². The molecule has 4 heteroatoms. The molecular formula is C16H25NO2S. The molecule has 0 aliphatic carbocycles. The van der Waals surface area contributed by atoms with E-state index in [1.807, 2.05) is 19.1 Å². The van der Waals surface area contributed by atoms with E-state index in [1.54, 1.807) is 16.4 Å². The molecule has 0 radical (unpaired) electrons. The van der Waals surface area contributed by atoms with Crippen LogP contribution in [0.15, 0.2) is 29.2 Å². The highest BCUT2D eigenvalue weighted by Gasteiger charge is 2.31. The summed E-state index contributed by atoms with van der Waals surface area (Å²) in [7, 11) is -3.34. The molecule has 1 unspecified atom stereocenters. The molecule has 0 N–H and O–H groups in total. The van der Waals surface area contributed by atoms with Gasteiger partial charge in [-0.1, -0.05) is 39.3 Å². The Bertz CT molecular complexity index is 555. The topological polar surface area (TPSA) is 37.4 Å². The van der Waals surface area contributed by atoms with E-state index in [2.05, 4.69) is 20.8 Å². The Balaban J connectivity index is 2.30. The third kappa shape index (κ3) is 3.07. The zero-order valence-electron chi connectivity index (χ0n) is 12.9. The second-order valence-corrected chi connectivity index (χ2v) is 8.63. The first kappa shape index (κ1) is 15.5. The third-order valence-corrected chi connectivity index (χ3v) is 6.10. The molecule has 0 amide bonds. The van der Waals surface area contributed by atoms with Crippen molar-refractivity contribution in [1.82, 2.24) is 4.31 Å². The van der Waals surface area contributed by atoms with Gasteiger partial charge in [-0.05, 0) is 42.9 Å². The molecule has 1 aromatic rings. The SMILES string of the molecule is CC1CCCCN1S(=O)(=O)c1ccc(C(C)(C)C)cc1. The van der Waals surface area contributed by atoms with Crippen LogP contribution in [0.2, 0.25) is 0 Å². The van der Waals surface area contributed by atoms with E-state index in [0.717, 1.165) is 24.8 Å². The van der Waals surface area contributed by atoms with Crippen molar-refractivity contribution in [3.05, 3.63) is 29.8 Å². The summed E-state index contributed by atoms with van der Waals surface area (Å²) in [5, 5.41) is 0. The summed E-state index contributed by atoms with van der Waals surface area (Å²) in [4.78, 5) is 0.416. The van der Waals surface area contributed by atoms with Gasteiger partial charge in [0, 0.05) is 12.6 Å². The zero-order valence-corrected chi connectivity index (χ0v) is 13.7. The minimum absolute atomic E-state index is 0.0424. The van der Waals surface area contributed by atoms with E-state index in [0.29, 0.717) is 11.4 Å². The lowest BCUT2D eigenvalue weighted by atomic mass is 9.87. The summed E-state index contributed by atoms with van der Waals surface area (Å²) in [6.07, 6.45) is 3.04. The molecule has 1 fully saturated rings. The van der Waals surface area contributed by atoms with Crippen LogP contribution >= 0.6 is 0 Å². The van der Waals surface area contributed by atoms with E-state index in [9.17, 15) is 8.42 Å². The van der Waals surface area contributed by atoms with Crippen molar-refractivity contribution in [2.45, 2.75) is 63.3 Å². The Morgan fingerprint density at radius 3 is 2.20 bits per heavy atom. The highest BCUT2D eigenvalue weighted by Crippen LogP contribution is 2.27. The summed E-state index contributed by atoms with van der Waals surface area (Å²) >= 11 is 0. The van der Waals surface area contributed by atoms with E-state index in [4.69, 9.17) is 0 Å². The van der Waals surface area contributed by atoms with Crippen molar-refractivity contribution in [2.24, 2.45) is 0 Å². The average molecular weight is 295 g/mol. The van der Waals surface area contributed by atoms with Crippen LogP contribution in [0.25, 0.3) is 0 Å². The molecule has 112 valence electrons. The van der Waals surface area contributed by atoms with Gasteiger partial charge >= 0.3 is 0 Å². The van der Waals surface area contributed by atoms with Crippen LogP contribution < -0.4 is 0 Å². The molecule has 1 saturated heterocycles. The van der Waals surface area contributed by atoms with Crippen molar-refractivity contribution >= 4 is 10.0 Å². The van der Waals surface area contributed by atoms with Gasteiger partial charge in [-0.2, -0.15) is 4.31 Å². The Hall–Kier alpha value is -0.870. The molecule has 3 nitrogen and oxygen atoms in total. The number of hydrogen-bond acceptors (Lipinski definition) is 2. The lowest BCUT2D eigenvalue weighted by Crippen LogP contribution is -2.41. The Morgan fingerprint density at radius 1 is 1.10 bits per heavy atom.